The molecule has 2 nitrogen and oxygen atoms in total. The molecule has 0 aliphatic carbocycles. The maximum absolute atomic E-state index is 13.2. The fraction of sp³-hybridized carbons (Fsp3) is 0.571. The summed E-state index contributed by atoms with van der Waals surface area (Å²) in [6, 6.07) is 6.26. The van der Waals surface area contributed by atoms with Crippen molar-refractivity contribution in [2.75, 3.05) is 0 Å². The molecule has 2 unspecified atom stereocenters. The lowest BCUT2D eigenvalue weighted by Crippen LogP contribution is -2.34. The van der Waals surface area contributed by atoms with Gasteiger partial charge in [-0.2, -0.15) is 0 Å². The molecule has 0 saturated heterocycles. The number of nitrogens with two attached hydrogens (primary N) is 1. The van der Waals surface area contributed by atoms with E-state index >= 15 is 0 Å². The Morgan fingerprint density at radius 1 is 1.41 bits per heavy atom. The smallest absolute Gasteiger partial charge is 0.123 e. The molecule has 1 aromatic carbocycles. The van der Waals surface area contributed by atoms with Crippen LogP contribution in [-0.2, 0) is 4.74 Å². The van der Waals surface area contributed by atoms with E-state index in [1.165, 1.54) is 12.1 Å². The van der Waals surface area contributed by atoms with Crippen molar-refractivity contribution in [3.8, 4) is 0 Å². The third-order valence-electron chi connectivity index (χ3n) is 2.95. The summed E-state index contributed by atoms with van der Waals surface area (Å²) in [5.74, 6) is -0.258. The molecule has 1 aromatic rings. The van der Waals surface area contributed by atoms with E-state index in [1.807, 2.05) is 26.8 Å². The third-order valence-corrected chi connectivity index (χ3v) is 2.95. The average Bonchev–Trinajstić information content (AvgIpc) is 2.25. The van der Waals surface area contributed by atoms with Crippen LogP contribution in [0.2, 0.25) is 0 Å². The number of halogens is 1. The number of hydrogen-bond donors (Lipinski definition) is 1. The Labute approximate surface area is 103 Å². The maximum Gasteiger partial charge on any atom is 0.123 e. The van der Waals surface area contributed by atoms with Crippen molar-refractivity contribution in [1.29, 1.82) is 0 Å². The number of ether oxygens (including phenoxy) is 1. The zero-order chi connectivity index (χ0) is 13.1. The van der Waals surface area contributed by atoms with Crippen LogP contribution in [0.15, 0.2) is 24.3 Å². The Balaban J connectivity index is 2.94. The molecule has 0 aliphatic rings. The van der Waals surface area contributed by atoms with Crippen molar-refractivity contribution in [1.82, 2.24) is 0 Å². The Bertz CT molecular complexity index is 363. The van der Waals surface area contributed by atoms with Gasteiger partial charge in [-0.15, -0.1) is 0 Å². The minimum atomic E-state index is -0.277. The first kappa shape index (κ1) is 14.1. The van der Waals surface area contributed by atoms with Gasteiger partial charge in [0.25, 0.3) is 0 Å². The van der Waals surface area contributed by atoms with Gasteiger partial charge >= 0.3 is 0 Å². The van der Waals surface area contributed by atoms with Crippen molar-refractivity contribution >= 4 is 0 Å². The Kier molecular flexibility index (Phi) is 4.66. The maximum atomic E-state index is 13.2. The zero-order valence-corrected chi connectivity index (χ0v) is 11.0. The standard InChI is InChI=1S/C14H22FNO/c1-5-14(3,4)17-13(10(2)16)11-7-6-8-12(15)9-11/h6-10,13H,5,16H2,1-4H3. The molecule has 3 heteroatoms. The highest BCUT2D eigenvalue weighted by molar-refractivity contribution is 5.20. The molecule has 0 heterocycles. The van der Waals surface area contributed by atoms with Gasteiger partial charge in [0, 0.05) is 6.04 Å². The molecule has 2 N–H and O–H groups in total. The first-order chi connectivity index (χ1) is 7.85. The highest BCUT2D eigenvalue weighted by atomic mass is 19.1. The first-order valence-corrected chi connectivity index (χ1v) is 6.04. The van der Waals surface area contributed by atoms with Crippen LogP contribution in [0.4, 0.5) is 4.39 Å². The van der Waals surface area contributed by atoms with Crippen molar-refractivity contribution in [3.05, 3.63) is 35.6 Å². The molecule has 0 spiro atoms. The summed E-state index contributed by atoms with van der Waals surface area (Å²) in [7, 11) is 0. The van der Waals surface area contributed by atoms with Gasteiger partial charge in [0.15, 0.2) is 0 Å². The Morgan fingerprint density at radius 3 is 2.53 bits per heavy atom. The van der Waals surface area contributed by atoms with Gasteiger partial charge in [-0.05, 0) is 44.9 Å². The van der Waals surface area contributed by atoms with E-state index in [2.05, 4.69) is 6.92 Å². The van der Waals surface area contributed by atoms with Crippen LogP contribution >= 0.6 is 0 Å². The van der Waals surface area contributed by atoms with Gasteiger partial charge in [0.2, 0.25) is 0 Å². The second-order valence-electron chi connectivity index (χ2n) is 5.07. The van der Waals surface area contributed by atoms with Crippen LogP contribution in [0.3, 0.4) is 0 Å². The van der Waals surface area contributed by atoms with Crippen LogP contribution < -0.4 is 5.73 Å². The van der Waals surface area contributed by atoms with Crippen LogP contribution in [0.5, 0.6) is 0 Å². The van der Waals surface area contributed by atoms with Crippen LogP contribution in [-0.4, -0.2) is 11.6 Å². The van der Waals surface area contributed by atoms with Gasteiger partial charge < -0.3 is 10.5 Å². The molecule has 0 fully saturated rings. The minimum absolute atomic E-state index is 0.178. The normalized spacial score (nSPS) is 15.6. The lowest BCUT2D eigenvalue weighted by Gasteiger charge is -2.32. The predicted molar refractivity (Wildman–Crippen MR) is 68.2 cm³/mol. The first-order valence-electron chi connectivity index (χ1n) is 6.04. The van der Waals surface area contributed by atoms with Crippen molar-refractivity contribution < 1.29 is 9.13 Å². The Morgan fingerprint density at radius 2 is 2.06 bits per heavy atom. The van der Waals surface area contributed by atoms with E-state index in [0.29, 0.717) is 0 Å². The summed E-state index contributed by atoms with van der Waals surface area (Å²) in [6.45, 7) is 7.97. The summed E-state index contributed by atoms with van der Waals surface area (Å²) < 4.78 is 19.2. The molecule has 0 amide bonds. The molecule has 0 saturated carbocycles. The highest BCUT2D eigenvalue weighted by Crippen LogP contribution is 2.28. The minimum Gasteiger partial charge on any atom is -0.366 e. The lowest BCUT2D eigenvalue weighted by atomic mass is 10.0. The van der Waals surface area contributed by atoms with Crippen molar-refractivity contribution in [3.63, 3.8) is 0 Å². The van der Waals surface area contributed by atoms with Gasteiger partial charge in [-0.25, -0.2) is 4.39 Å². The summed E-state index contributed by atoms with van der Waals surface area (Å²) >= 11 is 0. The number of rotatable bonds is 5. The fourth-order valence-corrected chi connectivity index (χ4v) is 1.59. The van der Waals surface area contributed by atoms with Crippen molar-refractivity contribution in [2.45, 2.75) is 51.9 Å². The predicted octanol–water partition coefficient (Wildman–Crippen LogP) is 3.42. The second-order valence-corrected chi connectivity index (χ2v) is 5.07. The summed E-state index contributed by atoms with van der Waals surface area (Å²) in [5, 5.41) is 0. The van der Waals surface area contributed by atoms with Gasteiger partial charge in [0.1, 0.15) is 5.82 Å². The number of hydrogen-bond acceptors (Lipinski definition) is 2. The molecule has 2 atom stereocenters. The molecular weight excluding hydrogens is 217 g/mol. The van der Waals surface area contributed by atoms with E-state index in [1.54, 1.807) is 6.07 Å². The van der Waals surface area contributed by atoms with Crippen LogP contribution in [0.25, 0.3) is 0 Å². The van der Waals surface area contributed by atoms with E-state index in [0.717, 1.165) is 12.0 Å². The zero-order valence-electron chi connectivity index (χ0n) is 11.0. The third kappa shape index (κ3) is 4.10. The highest BCUT2D eigenvalue weighted by Gasteiger charge is 2.25. The average molecular weight is 239 g/mol. The van der Waals surface area contributed by atoms with E-state index in [9.17, 15) is 4.39 Å². The van der Waals surface area contributed by atoms with Gasteiger partial charge in [-0.1, -0.05) is 19.1 Å². The summed E-state index contributed by atoms with van der Waals surface area (Å²) in [4.78, 5) is 0. The van der Waals surface area contributed by atoms with Gasteiger partial charge in [0.05, 0.1) is 11.7 Å². The lowest BCUT2D eigenvalue weighted by molar-refractivity contribution is -0.0834. The fourth-order valence-electron chi connectivity index (χ4n) is 1.59. The molecule has 96 valence electrons. The van der Waals surface area contributed by atoms with Crippen molar-refractivity contribution in [2.24, 2.45) is 5.73 Å². The summed E-state index contributed by atoms with van der Waals surface area (Å²) in [5.41, 5.74) is 6.47. The van der Waals surface area contributed by atoms with E-state index in [4.69, 9.17) is 10.5 Å². The van der Waals surface area contributed by atoms with Crippen LogP contribution in [0.1, 0.15) is 45.8 Å². The largest absolute Gasteiger partial charge is 0.366 e. The molecule has 0 aromatic heterocycles. The van der Waals surface area contributed by atoms with E-state index < -0.39 is 0 Å². The van der Waals surface area contributed by atoms with Crippen LogP contribution in [0, 0.1) is 5.82 Å². The van der Waals surface area contributed by atoms with Gasteiger partial charge in [-0.3, -0.25) is 0 Å². The molecular formula is C14H22FNO. The second kappa shape index (κ2) is 5.61. The topological polar surface area (TPSA) is 35.2 Å². The molecule has 17 heavy (non-hydrogen) atoms. The number of benzene rings is 1. The molecule has 0 bridgehead atoms. The molecule has 1 rings (SSSR count). The quantitative estimate of drug-likeness (QED) is 0.854. The summed E-state index contributed by atoms with van der Waals surface area (Å²) in [6.07, 6.45) is 0.603. The monoisotopic (exact) mass is 239 g/mol. The molecule has 0 radical (unpaired) electrons. The van der Waals surface area contributed by atoms with E-state index in [-0.39, 0.29) is 23.6 Å². The molecule has 0 aliphatic heterocycles. The SMILES string of the molecule is CCC(C)(C)OC(c1cccc(F)c1)C(C)N. The Hall–Kier alpha value is -0.930.